The molecule has 0 aliphatic heterocycles. The average molecular weight is 208 g/mol. The van der Waals surface area contributed by atoms with E-state index in [4.69, 9.17) is 6.42 Å². The molecule has 0 aromatic rings. The highest BCUT2D eigenvalue weighted by Crippen LogP contribution is 2.21. The van der Waals surface area contributed by atoms with Gasteiger partial charge in [0.2, 0.25) is 0 Å². The maximum Gasteiger partial charge on any atom is 0.00860 e. The van der Waals surface area contributed by atoms with E-state index in [0.717, 1.165) is 12.3 Å². The summed E-state index contributed by atoms with van der Waals surface area (Å²) in [4.78, 5) is 0. The molecule has 0 radical (unpaired) electrons. The Balaban J connectivity index is 3.49. The molecule has 0 saturated carbocycles. The van der Waals surface area contributed by atoms with Crippen molar-refractivity contribution < 1.29 is 0 Å². The van der Waals surface area contributed by atoms with Gasteiger partial charge in [0.05, 0.1) is 0 Å². The highest BCUT2D eigenvalue weighted by molar-refractivity contribution is 4.82. The van der Waals surface area contributed by atoms with Crippen LogP contribution in [0, 0.1) is 18.3 Å². The molecule has 0 heteroatoms. The van der Waals surface area contributed by atoms with E-state index >= 15 is 0 Å². The van der Waals surface area contributed by atoms with E-state index in [1.165, 1.54) is 57.8 Å². The molecule has 0 saturated heterocycles. The van der Waals surface area contributed by atoms with Gasteiger partial charge in [0.25, 0.3) is 0 Å². The molecule has 0 heterocycles. The SMILES string of the molecule is C#CCCCCC(CCC)CCCCC. The van der Waals surface area contributed by atoms with Crippen molar-refractivity contribution in [3.05, 3.63) is 0 Å². The number of hydrogen-bond donors (Lipinski definition) is 0. The van der Waals surface area contributed by atoms with Crippen molar-refractivity contribution in [1.82, 2.24) is 0 Å². The van der Waals surface area contributed by atoms with Gasteiger partial charge in [-0.15, -0.1) is 12.3 Å². The van der Waals surface area contributed by atoms with Gasteiger partial charge in [0.1, 0.15) is 0 Å². The summed E-state index contributed by atoms with van der Waals surface area (Å²) in [6.07, 6.45) is 18.6. The highest BCUT2D eigenvalue weighted by Gasteiger charge is 2.06. The van der Waals surface area contributed by atoms with Crippen LogP contribution in [0.5, 0.6) is 0 Å². The van der Waals surface area contributed by atoms with Crippen LogP contribution >= 0.6 is 0 Å². The van der Waals surface area contributed by atoms with Gasteiger partial charge in [-0.2, -0.15) is 0 Å². The van der Waals surface area contributed by atoms with Crippen molar-refractivity contribution in [3.63, 3.8) is 0 Å². The first-order valence-corrected chi connectivity index (χ1v) is 6.78. The maximum absolute atomic E-state index is 5.25. The summed E-state index contributed by atoms with van der Waals surface area (Å²) < 4.78 is 0. The van der Waals surface area contributed by atoms with Crippen LogP contribution in [0.4, 0.5) is 0 Å². The van der Waals surface area contributed by atoms with Gasteiger partial charge in [0, 0.05) is 6.42 Å². The van der Waals surface area contributed by atoms with Crippen LogP contribution in [0.25, 0.3) is 0 Å². The third-order valence-electron chi connectivity index (χ3n) is 3.10. The van der Waals surface area contributed by atoms with Crippen LogP contribution < -0.4 is 0 Å². The van der Waals surface area contributed by atoms with Gasteiger partial charge in [-0.25, -0.2) is 0 Å². The van der Waals surface area contributed by atoms with Gasteiger partial charge >= 0.3 is 0 Å². The van der Waals surface area contributed by atoms with Crippen LogP contribution in [0.3, 0.4) is 0 Å². The standard InChI is InChI=1S/C15H28/c1-4-7-9-11-14-15(12-6-3)13-10-8-5-2/h1,15H,5-14H2,2-3H3. The second-order valence-electron chi connectivity index (χ2n) is 4.60. The van der Waals surface area contributed by atoms with Crippen LogP contribution in [-0.4, -0.2) is 0 Å². The molecule has 0 fully saturated rings. The van der Waals surface area contributed by atoms with Gasteiger partial charge in [-0.3, -0.25) is 0 Å². The molecule has 0 aliphatic rings. The van der Waals surface area contributed by atoms with E-state index < -0.39 is 0 Å². The molecule has 1 unspecified atom stereocenters. The minimum absolute atomic E-state index is 0.966. The number of rotatable bonds is 10. The lowest BCUT2D eigenvalue weighted by atomic mass is 9.91. The van der Waals surface area contributed by atoms with Crippen LogP contribution in [-0.2, 0) is 0 Å². The lowest BCUT2D eigenvalue weighted by molar-refractivity contribution is 0.384. The second kappa shape index (κ2) is 11.6. The van der Waals surface area contributed by atoms with E-state index in [1.807, 2.05) is 0 Å². The third kappa shape index (κ3) is 9.85. The summed E-state index contributed by atoms with van der Waals surface area (Å²) in [5, 5.41) is 0. The Morgan fingerprint density at radius 2 is 1.53 bits per heavy atom. The zero-order valence-electron chi connectivity index (χ0n) is 10.7. The van der Waals surface area contributed by atoms with E-state index in [-0.39, 0.29) is 0 Å². The van der Waals surface area contributed by atoms with Gasteiger partial charge in [-0.1, -0.05) is 65.2 Å². The summed E-state index contributed by atoms with van der Waals surface area (Å²) in [5.74, 6) is 3.70. The fraction of sp³-hybridized carbons (Fsp3) is 0.867. The highest BCUT2D eigenvalue weighted by atomic mass is 14.1. The smallest absolute Gasteiger partial charge is 0.00860 e. The largest absolute Gasteiger partial charge is 0.120 e. The van der Waals surface area contributed by atoms with Gasteiger partial charge in [-0.05, 0) is 12.3 Å². The number of hydrogen-bond acceptors (Lipinski definition) is 0. The average Bonchev–Trinajstić information content (AvgIpc) is 2.24. The van der Waals surface area contributed by atoms with Crippen LogP contribution in [0.2, 0.25) is 0 Å². The Labute approximate surface area is 96.8 Å². The van der Waals surface area contributed by atoms with Gasteiger partial charge < -0.3 is 0 Å². The second-order valence-corrected chi connectivity index (χ2v) is 4.60. The van der Waals surface area contributed by atoms with E-state index in [2.05, 4.69) is 19.8 Å². The normalized spacial score (nSPS) is 12.3. The molecule has 88 valence electrons. The third-order valence-corrected chi connectivity index (χ3v) is 3.10. The molecule has 0 amide bonds. The molecular weight excluding hydrogens is 180 g/mol. The topological polar surface area (TPSA) is 0 Å². The van der Waals surface area contributed by atoms with E-state index in [9.17, 15) is 0 Å². The first kappa shape index (κ1) is 14.6. The van der Waals surface area contributed by atoms with Crippen molar-refractivity contribution in [1.29, 1.82) is 0 Å². The molecule has 1 atom stereocenters. The van der Waals surface area contributed by atoms with Crippen molar-refractivity contribution >= 4 is 0 Å². The zero-order chi connectivity index (χ0) is 11.4. The predicted octanol–water partition coefficient (Wildman–Crippen LogP) is 5.18. The van der Waals surface area contributed by atoms with Crippen molar-refractivity contribution in [3.8, 4) is 12.3 Å². The van der Waals surface area contributed by atoms with Crippen LogP contribution in [0.15, 0.2) is 0 Å². The molecule has 15 heavy (non-hydrogen) atoms. The molecule has 0 spiro atoms. The van der Waals surface area contributed by atoms with Crippen molar-refractivity contribution in [2.24, 2.45) is 5.92 Å². The fourth-order valence-electron chi connectivity index (χ4n) is 2.18. The zero-order valence-corrected chi connectivity index (χ0v) is 10.7. The van der Waals surface area contributed by atoms with Crippen molar-refractivity contribution in [2.45, 2.75) is 78.1 Å². The first-order valence-electron chi connectivity index (χ1n) is 6.78. The Morgan fingerprint density at radius 3 is 2.07 bits per heavy atom. The number of unbranched alkanes of at least 4 members (excludes halogenated alkanes) is 4. The molecule has 0 nitrogen and oxygen atoms in total. The van der Waals surface area contributed by atoms with Gasteiger partial charge in [0.15, 0.2) is 0 Å². The lowest BCUT2D eigenvalue weighted by Gasteiger charge is -2.15. The van der Waals surface area contributed by atoms with E-state index in [0.29, 0.717) is 0 Å². The summed E-state index contributed by atoms with van der Waals surface area (Å²) in [6.45, 7) is 4.58. The predicted molar refractivity (Wildman–Crippen MR) is 69.8 cm³/mol. The van der Waals surface area contributed by atoms with Crippen LogP contribution in [0.1, 0.15) is 78.1 Å². The van der Waals surface area contributed by atoms with E-state index in [1.54, 1.807) is 0 Å². The molecule has 0 aliphatic carbocycles. The molecular formula is C15H28. The van der Waals surface area contributed by atoms with Crippen molar-refractivity contribution in [2.75, 3.05) is 0 Å². The quantitative estimate of drug-likeness (QED) is 0.343. The maximum atomic E-state index is 5.25. The lowest BCUT2D eigenvalue weighted by Crippen LogP contribution is -2.00. The summed E-state index contributed by atoms with van der Waals surface area (Å²) in [6, 6.07) is 0. The first-order chi connectivity index (χ1) is 7.35. The molecule has 0 aromatic carbocycles. The summed E-state index contributed by atoms with van der Waals surface area (Å²) in [7, 11) is 0. The summed E-state index contributed by atoms with van der Waals surface area (Å²) in [5.41, 5.74) is 0. The molecule has 0 N–H and O–H groups in total. The molecule has 0 rings (SSSR count). The Bertz CT molecular complexity index is 152. The molecule has 0 aromatic heterocycles. The number of terminal acetylenes is 1. The Kier molecular flexibility index (Phi) is 11.3. The summed E-state index contributed by atoms with van der Waals surface area (Å²) >= 11 is 0. The Hall–Kier alpha value is -0.440. The minimum Gasteiger partial charge on any atom is -0.120 e. The fourth-order valence-corrected chi connectivity index (χ4v) is 2.18. The molecule has 0 bridgehead atoms. The monoisotopic (exact) mass is 208 g/mol. The minimum atomic E-state index is 0.966. The Morgan fingerprint density at radius 1 is 0.867 bits per heavy atom.